The first kappa shape index (κ1) is 30.5. The van der Waals surface area contributed by atoms with Gasteiger partial charge in [0, 0.05) is 42.8 Å². The molecule has 1 aromatic heterocycles. The highest BCUT2D eigenvalue weighted by Gasteiger charge is 2.44. The number of pyridine rings is 1. The Kier molecular flexibility index (Phi) is 8.35. The van der Waals surface area contributed by atoms with E-state index < -0.39 is 12.2 Å². The van der Waals surface area contributed by atoms with Crippen molar-refractivity contribution in [3.8, 4) is 34.5 Å². The summed E-state index contributed by atoms with van der Waals surface area (Å²) >= 11 is 0. The number of rotatable bonds is 10. The van der Waals surface area contributed by atoms with E-state index in [4.69, 9.17) is 18.9 Å². The van der Waals surface area contributed by atoms with Crippen molar-refractivity contribution in [2.45, 2.75) is 12.7 Å². The Hall–Kier alpha value is -5.20. The largest absolute Gasteiger partial charge is 0.586 e. The van der Waals surface area contributed by atoms with Crippen LogP contribution >= 0.6 is 0 Å². The van der Waals surface area contributed by atoms with Gasteiger partial charge in [-0.25, -0.2) is 0 Å². The van der Waals surface area contributed by atoms with Gasteiger partial charge in [-0.05, 0) is 65.7 Å². The highest BCUT2D eigenvalue weighted by molar-refractivity contribution is 6.13. The summed E-state index contributed by atoms with van der Waals surface area (Å²) in [6.45, 7) is 4.89. The summed E-state index contributed by atoms with van der Waals surface area (Å²) in [6, 6.07) is 20.4. The summed E-state index contributed by atoms with van der Waals surface area (Å²) in [5.41, 5.74) is 1.10. The fraction of sp³-hybridized carbons (Fsp3) is 0.257. The number of nitrogens with one attached hydrogen (secondary N) is 1. The average molecular weight is 644 g/mol. The van der Waals surface area contributed by atoms with E-state index in [0.717, 1.165) is 50.0 Å². The number of aromatic nitrogens is 1. The molecule has 7 rings (SSSR count). The van der Waals surface area contributed by atoms with Crippen molar-refractivity contribution in [2.75, 3.05) is 51.9 Å². The number of para-hydroxylation sites is 1. The molecule has 3 heterocycles. The molecule has 0 bridgehead atoms. The number of alkyl halides is 2. The van der Waals surface area contributed by atoms with Crippen molar-refractivity contribution in [2.24, 2.45) is 0 Å². The summed E-state index contributed by atoms with van der Waals surface area (Å²) in [5, 5.41) is 4.79. The second kappa shape index (κ2) is 12.9. The molecule has 0 spiro atoms. The standard InChI is InChI=1S/C35H31F2N3O7/c1-42-31-20-26-28(21-32(31)44-16-4-13-40-14-17-43-18-15-40)38-12-11-29(26)45-23-9-10-24-22(19-23)5-2-6-25(24)34(41)39-27-7-3-8-30-33(27)47-35(36,37)46-30/h2-3,5-12,19-21H,4,13-18H2,1H3,(H,39,41). The summed E-state index contributed by atoms with van der Waals surface area (Å²) in [5.74, 6) is 1.40. The normalized spacial score (nSPS) is 15.5. The Morgan fingerprint density at radius 1 is 0.957 bits per heavy atom. The Balaban J connectivity index is 1.08. The minimum Gasteiger partial charge on any atom is -0.493 e. The lowest BCUT2D eigenvalue weighted by molar-refractivity contribution is -0.286. The van der Waals surface area contributed by atoms with Crippen LogP contribution in [-0.2, 0) is 4.74 Å². The van der Waals surface area contributed by atoms with Crippen molar-refractivity contribution in [3.63, 3.8) is 0 Å². The molecule has 2 aliphatic heterocycles. The molecule has 0 aliphatic carbocycles. The third kappa shape index (κ3) is 6.56. The van der Waals surface area contributed by atoms with Crippen molar-refractivity contribution in [1.82, 2.24) is 9.88 Å². The first-order valence-corrected chi connectivity index (χ1v) is 15.2. The number of ether oxygens (including phenoxy) is 6. The van der Waals surface area contributed by atoms with Gasteiger partial charge >= 0.3 is 6.29 Å². The van der Waals surface area contributed by atoms with E-state index in [-0.39, 0.29) is 17.2 Å². The van der Waals surface area contributed by atoms with Gasteiger partial charge in [-0.2, -0.15) is 0 Å². The number of benzene rings is 4. The lowest BCUT2D eigenvalue weighted by atomic mass is 10.0. The van der Waals surface area contributed by atoms with Crippen LogP contribution in [0.2, 0.25) is 0 Å². The zero-order valence-corrected chi connectivity index (χ0v) is 25.5. The van der Waals surface area contributed by atoms with Crippen LogP contribution in [0.15, 0.2) is 79.0 Å². The van der Waals surface area contributed by atoms with Crippen LogP contribution in [0.1, 0.15) is 16.8 Å². The molecular formula is C35H31F2N3O7. The molecule has 1 amide bonds. The van der Waals surface area contributed by atoms with Crippen LogP contribution in [0.4, 0.5) is 14.5 Å². The smallest absolute Gasteiger partial charge is 0.493 e. The SMILES string of the molecule is COc1cc2c(Oc3ccc4c(C(=O)Nc5cccc6c5OC(F)(F)O6)cccc4c3)ccnc2cc1OCCCN1CCOCC1. The van der Waals surface area contributed by atoms with Crippen molar-refractivity contribution in [3.05, 3.63) is 84.6 Å². The van der Waals surface area contributed by atoms with Gasteiger partial charge < -0.3 is 33.7 Å². The minimum absolute atomic E-state index is 0.0724. The van der Waals surface area contributed by atoms with Gasteiger partial charge in [0.2, 0.25) is 0 Å². The first-order chi connectivity index (χ1) is 22.9. The maximum atomic E-state index is 13.6. The molecular weight excluding hydrogens is 612 g/mol. The highest BCUT2D eigenvalue weighted by Crippen LogP contribution is 2.46. The Bertz CT molecular complexity index is 1950. The molecule has 0 saturated carbocycles. The number of methoxy groups -OCH3 is 1. The van der Waals surface area contributed by atoms with Crippen LogP contribution in [0, 0.1) is 0 Å². The third-order valence-corrected chi connectivity index (χ3v) is 7.97. The lowest BCUT2D eigenvalue weighted by Crippen LogP contribution is -2.37. The number of hydrogen-bond acceptors (Lipinski definition) is 9. The predicted octanol–water partition coefficient (Wildman–Crippen LogP) is 6.86. The van der Waals surface area contributed by atoms with Gasteiger partial charge in [-0.3, -0.25) is 14.7 Å². The summed E-state index contributed by atoms with van der Waals surface area (Å²) in [7, 11) is 1.59. The van der Waals surface area contributed by atoms with Gasteiger partial charge in [-0.1, -0.05) is 18.2 Å². The molecule has 0 unspecified atom stereocenters. The van der Waals surface area contributed by atoms with Crippen molar-refractivity contribution < 1.29 is 42.0 Å². The second-order valence-electron chi connectivity index (χ2n) is 11.0. The van der Waals surface area contributed by atoms with E-state index in [1.807, 2.05) is 24.3 Å². The van der Waals surface area contributed by atoms with Gasteiger partial charge in [0.1, 0.15) is 11.5 Å². The molecule has 47 heavy (non-hydrogen) atoms. The molecule has 1 N–H and O–H groups in total. The van der Waals surface area contributed by atoms with Gasteiger partial charge in [0.05, 0.1) is 38.1 Å². The molecule has 12 heteroatoms. The Morgan fingerprint density at radius 2 is 1.81 bits per heavy atom. The van der Waals surface area contributed by atoms with E-state index in [1.165, 1.54) is 18.2 Å². The molecule has 0 radical (unpaired) electrons. The van der Waals surface area contributed by atoms with Gasteiger partial charge in [-0.15, -0.1) is 8.78 Å². The Morgan fingerprint density at radius 3 is 2.66 bits per heavy atom. The molecule has 2 aliphatic rings. The molecule has 4 aromatic carbocycles. The minimum atomic E-state index is -3.80. The maximum absolute atomic E-state index is 13.6. The fourth-order valence-corrected chi connectivity index (χ4v) is 5.69. The number of carbonyl (C=O) groups is 1. The predicted molar refractivity (Wildman–Crippen MR) is 170 cm³/mol. The molecule has 1 fully saturated rings. The number of halogens is 2. The van der Waals surface area contributed by atoms with Crippen molar-refractivity contribution in [1.29, 1.82) is 0 Å². The number of anilines is 1. The summed E-state index contributed by atoms with van der Waals surface area (Å²) in [4.78, 5) is 20.2. The van der Waals surface area contributed by atoms with Crippen molar-refractivity contribution >= 4 is 33.3 Å². The maximum Gasteiger partial charge on any atom is 0.586 e. The molecule has 242 valence electrons. The second-order valence-corrected chi connectivity index (χ2v) is 11.0. The van der Waals surface area contributed by atoms with E-state index in [9.17, 15) is 13.6 Å². The van der Waals surface area contributed by atoms with Crippen LogP contribution in [0.25, 0.3) is 21.7 Å². The van der Waals surface area contributed by atoms with Gasteiger partial charge in [0.15, 0.2) is 23.0 Å². The topological polar surface area (TPSA) is 101 Å². The van der Waals surface area contributed by atoms with E-state index in [0.29, 0.717) is 46.1 Å². The highest BCUT2D eigenvalue weighted by atomic mass is 19.3. The zero-order valence-electron chi connectivity index (χ0n) is 25.5. The van der Waals surface area contributed by atoms with Crippen LogP contribution in [0.3, 0.4) is 0 Å². The fourth-order valence-electron chi connectivity index (χ4n) is 5.69. The number of carbonyl (C=O) groups excluding carboxylic acids is 1. The van der Waals surface area contributed by atoms with Crippen LogP contribution in [-0.4, -0.2) is 68.7 Å². The van der Waals surface area contributed by atoms with E-state index >= 15 is 0 Å². The third-order valence-electron chi connectivity index (χ3n) is 7.97. The number of fused-ring (bicyclic) bond motifs is 3. The Labute approximate surface area is 268 Å². The number of amides is 1. The summed E-state index contributed by atoms with van der Waals surface area (Å²) in [6.07, 6.45) is -1.26. The monoisotopic (exact) mass is 643 g/mol. The molecule has 0 atom stereocenters. The number of hydrogen-bond donors (Lipinski definition) is 1. The van der Waals surface area contributed by atoms with E-state index in [2.05, 4.69) is 24.7 Å². The average Bonchev–Trinajstić information content (AvgIpc) is 3.41. The quantitative estimate of drug-likeness (QED) is 0.164. The van der Waals surface area contributed by atoms with Crippen LogP contribution in [0.5, 0.6) is 34.5 Å². The van der Waals surface area contributed by atoms with E-state index in [1.54, 1.807) is 43.6 Å². The van der Waals surface area contributed by atoms with Crippen LogP contribution < -0.4 is 29.0 Å². The van der Waals surface area contributed by atoms with Gasteiger partial charge in [0.25, 0.3) is 5.91 Å². The first-order valence-electron chi connectivity index (χ1n) is 15.2. The number of morpholine rings is 1. The summed E-state index contributed by atoms with van der Waals surface area (Å²) < 4.78 is 59.9. The molecule has 5 aromatic rings. The zero-order chi connectivity index (χ0) is 32.4. The molecule has 1 saturated heterocycles. The lowest BCUT2D eigenvalue weighted by Gasteiger charge is -2.26. The molecule has 10 nitrogen and oxygen atoms in total. The number of nitrogens with zero attached hydrogens (tertiary/aromatic N) is 2.